The molecule has 107 valence electrons. The molecule has 6 heteroatoms. The standard InChI is InChI=1S/C15H16N3O2.Y/c1-9-7-11-5-3-4-6-12(11)8-13(9)15(19)16-14-10(2)17-20-18-14;/h8H,3-6H2,1-2H3,(H,16,18,19);/q-1;. The summed E-state index contributed by atoms with van der Waals surface area (Å²) in [6, 6.07) is 5.34. The fraction of sp³-hybridized carbons (Fsp3) is 0.400. The van der Waals surface area contributed by atoms with E-state index < -0.39 is 0 Å². The number of carbonyl (C=O) groups excluding carboxylic acids is 1. The second kappa shape index (κ2) is 6.80. The smallest absolute Gasteiger partial charge is 0.201 e. The third-order valence-corrected chi connectivity index (χ3v) is 3.70. The molecule has 0 saturated heterocycles. The number of nitrogens with one attached hydrogen (secondary N) is 1. The minimum absolute atomic E-state index is 0. The van der Waals surface area contributed by atoms with Crippen molar-refractivity contribution < 1.29 is 42.1 Å². The van der Waals surface area contributed by atoms with Crippen molar-refractivity contribution in [2.75, 3.05) is 5.32 Å². The molecule has 1 heterocycles. The summed E-state index contributed by atoms with van der Waals surface area (Å²) in [7, 11) is 0. The molecule has 5 nitrogen and oxygen atoms in total. The molecule has 0 bridgehead atoms. The van der Waals surface area contributed by atoms with Crippen LogP contribution in [0.2, 0.25) is 0 Å². The van der Waals surface area contributed by atoms with Crippen LogP contribution < -0.4 is 5.32 Å². The molecule has 2 aromatic rings. The Morgan fingerprint density at radius 3 is 2.76 bits per heavy atom. The Bertz CT molecular complexity index is 667. The zero-order valence-electron chi connectivity index (χ0n) is 12.2. The number of carbonyl (C=O) groups is 1. The molecular formula is C15H16N3O2Y-. The second-order valence-electron chi connectivity index (χ2n) is 5.17. The predicted octanol–water partition coefficient (Wildman–Crippen LogP) is 2.62. The molecule has 1 amide bonds. The summed E-state index contributed by atoms with van der Waals surface area (Å²) in [4.78, 5) is 12.3. The first-order chi connectivity index (χ1) is 9.65. The van der Waals surface area contributed by atoms with Crippen LogP contribution in [-0.4, -0.2) is 16.2 Å². The van der Waals surface area contributed by atoms with Gasteiger partial charge >= 0.3 is 0 Å². The number of benzene rings is 1. The maximum Gasteiger partial charge on any atom is 0.201 e. The Morgan fingerprint density at radius 2 is 2.05 bits per heavy atom. The van der Waals surface area contributed by atoms with Crippen LogP contribution >= 0.6 is 0 Å². The molecule has 0 fully saturated rings. The number of hydrogen-bond donors (Lipinski definition) is 1. The number of anilines is 1. The Hall–Kier alpha value is -1.07. The normalized spacial score (nSPS) is 13.2. The van der Waals surface area contributed by atoms with Crippen LogP contribution in [0.3, 0.4) is 0 Å². The number of aromatic nitrogens is 2. The molecular weight excluding hydrogens is 343 g/mol. The van der Waals surface area contributed by atoms with Crippen molar-refractivity contribution in [2.45, 2.75) is 39.5 Å². The molecule has 1 N–H and O–H groups in total. The van der Waals surface area contributed by atoms with Gasteiger partial charge in [-0.25, -0.2) is 4.63 Å². The van der Waals surface area contributed by atoms with E-state index in [1.54, 1.807) is 6.92 Å². The number of amides is 1. The van der Waals surface area contributed by atoms with E-state index in [9.17, 15) is 4.79 Å². The second-order valence-corrected chi connectivity index (χ2v) is 5.17. The van der Waals surface area contributed by atoms with Crippen molar-refractivity contribution in [3.63, 3.8) is 0 Å². The van der Waals surface area contributed by atoms with E-state index in [0.717, 1.165) is 18.4 Å². The fourth-order valence-corrected chi connectivity index (χ4v) is 2.56. The van der Waals surface area contributed by atoms with Gasteiger partial charge in [-0.05, 0) is 12.1 Å². The van der Waals surface area contributed by atoms with Crippen LogP contribution in [0.5, 0.6) is 0 Å². The van der Waals surface area contributed by atoms with Gasteiger partial charge in [0, 0.05) is 32.7 Å². The van der Waals surface area contributed by atoms with Crippen LogP contribution in [0, 0.1) is 19.9 Å². The Morgan fingerprint density at radius 1 is 1.29 bits per heavy atom. The van der Waals surface area contributed by atoms with E-state index >= 15 is 0 Å². The summed E-state index contributed by atoms with van der Waals surface area (Å²) in [5.41, 5.74) is 4.58. The van der Waals surface area contributed by atoms with Crippen molar-refractivity contribution in [1.29, 1.82) is 0 Å². The van der Waals surface area contributed by atoms with Crippen molar-refractivity contribution in [3.8, 4) is 0 Å². The zero-order valence-corrected chi connectivity index (χ0v) is 15.0. The number of hydrogen-bond acceptors (Lipinski definition) is 4. The summed E-state index contributed by atoms with van der Waals surface area (Å²) in [6.07, 6.45) is 4.47. The van der Waals surface area contributed by atoms with Gasteiger partial charge in [-0.3, -0.25) is 4.79 Å². The molecule has 0 saturated carbocycles. The van der Waals surface area contributed by atoms with Crippen molar-refractivity contribution >= 4 is 11.7 Å². The van der Waals surface area contributed by atoms with Gasteiger partial charge in [0.05, 0.1) is 0 Å². The monoisotopic (exact) mass is 359 g/mol. The summed E-state index contributed by atoms with van der Waals surface area (Å²) >= 11 is 0. The minimum Gasteiger partial charge on any atom is -0.313 e. The molecule has 1 radical (unpaired) electrons. The van der Waals surface area contributed by atoms with Crippen LogP contribution in [0.1, 0.15) is 45.6 Å². The number of rotatable bonds is 2. The van der Waals surface area contributed by atoms with Crippen LogP contribution in [-0.2, 0) is 45.6 Å². The maximum absolute atomic E-state index is 12.3. The average Bonchev–Trinajstić information content (AvgIpc) is 2.83. The van der Waals surface area contributed by atoms with Gasteiger partial charge in [0.2, 0.25) is 5.91 Å². The third-order valence-electron chi connectivity index (χ3n) is 3.70. The number of aryl methyl sites for hydroxylation is 4. The molecule has 1 aromatic carbocycles. The van der Waals surface area contributed by atoms with Crippen molar-refractivity contribution in [3.05, 3.63) is 40.1 Å². The number of fused-ring (bicyclic) bond motifs is 1. The Balaban J connectivity index is 0.00000161. The molecule has 1 aliphatic rings. The summed E-state index contributed by atoms with van der Waals surface area (Å²) in [5, 5.41) is 10.0. The third kappa shape index (κ3) is 3.40. The quantitative estimate of drug-likeness (QED) is 0.837. The van der Waals surface area contributed by atoms with Crippen LogP contribution in [0.25, 0.3) is 0 Å². The maximum atomic E-state index is 12.3. The van der Waals surface area contributed by atoms with Gasteiger partial charge < -0.3 is 5.32 Å². The molecule has 0 aliphatic heterocycles. The molecule has 0 unspecified atom stereocenters. The molecule has 0 spiro atoms. The van der Waals surface area contributed by atoms with Crippen molar-refractivity contribution in [1.82, 2.24) is 10.3 Å². The van der Waals surface area contributed by atoms with Gasteiger partial charge in [0.15, 0.2) is 5.82 Å². The minimum atomic E-state index is -0.189. The Kier molecular flexibility index (Phi) is 5.28. The van der Waals surface area contributed by atoms with E-state index in [1.807, 2.05) is 13.0 Å². The average molecular weight is 359 g/mol. The largest absolute Gasteiger partial charge is 0.313 e. The fourth-order valence-electron chi connectivity index (χ4n) is 2.56. The topological polar surface area (TPSA) is 68.0 Å². The number of nitrogens with zero attached hydrogens (tertiary/aromatic N) is 2. The first kappa shape index (κ1) is 16.3. The van der Waals surface area contributed by atoms with Gasteiger partial charge in [-0.15, -0.1) is 0 Å². The van der Waals surface area contributed by atoms with Gasteiger partial charge in [-0.1, -0.05) is 43.3 Å². The predicted molar refractivity (Wildman–Crippen MR) is 73.6 cm³/mol. The van der Waals surface area contributed by atoms with E-state index in [1.165, 1.54) is 24.0 Å². The van der Waals surface area contributed by atoms with E-state index in [2.05, 4.69) is 26.3 Å². The molecule has 1 aliphatic carbocycles. The first-order valence-electron chi connectivity index (χ1n) is 6.80. The van der Waals surface area contributed by atoms with Gasteiger partial charge in [-0.2, -0.15) is 28.8 Å². The zero-order chi connectivity index (χ0) is 14.1. The Labute approximate surface area is 148 Å². The van der Waals surface area contributed by atoms with E-state index in [0.29, 0.717) is 17.1 Å². The van der Waals surface area contributed by atoms with E-state index in [-0.39, 0.29) is 38.6 Å². The molecule has 3 rings (SSSR count). The van der Waals surface area contributed by atoms with Crippen LogP contribution in [0.15, 0.2) is 10.7 Å². The van der Waals surface area contributed by atoms with E-state index in [4.69, 9.17) is 0 Å². The summed E-state index contributed by atoms with van der Waals surface area (Å²) < 4.78 is 4.58. The summed E-state index contributed by atoms with van der Waals surface area (Å²) in [5.74, 6) is 0.179. The van der Waals surface area contributed by atoms with Gasteiger partial charge in [0.25, 0.3) is 0 Å². The van der Waals surface area contributed by atoms with Crippen molar-refractivity contribution in [2.24, 2.45) is 0 Å². The molecule has 0 atom stereocenters. The first-order valence-corrected chi connectivity index (χ1v) is 6.80. The SMILES string of the molecule is Cc1[c-]c2c(cc1C(=O)Nc1nonc1C)CCCC2.[Y]. The van der Waals surface area contributed by atoms with Crippen LogP contribution in [0.4, 0.5) is 5.82 Å². The van der Waals surface area contributed by atoms with Gasteiger partial charge in [0.1, 0.15) is 5.69 Å². The summed E-state index contributed by atoms with van der Waals surface area (Å²) in [6.45, 7) is 3.65. The molecule has 1 aromatic heterocycles. The molecule has 21 heavy (non-hydrogen) atoms.